The minimum absolute atomic E-state index is 0.171. The fourth-order valence-corrected chi connectivity index (χ4v) is 3.03. The number of anilines is 1. The number of amides is 1. The average molecular weight is 357 g/mol. The second-order valence-corrected chi connectivity index (χ2v) is 6.25. The van der Waals surface area contributed by atoms with E-state index in [1.54, 1.807) is 0 Å². The Morgan fingerprint density at radius 1 is 1.31 bits per heavy atom. The van der Waals surface area contributed by atoms with E-state index in [-0.39, 0.29) is 11.2 Å². The standard InChI is InChI=1S/C18H20FN5O2/c19-15(17(25)24-26)8-14-10-22-16(11-21-14)23-18(6-7-20-12-18)9-13-4-2-1-3-5-13/h1-5,8,10-11,20,26H,6-7,9,12H2,(H,22,23)(H,24,25)/b15-8+/t18-/m0/s1. The molecule has 0 spiro atoms. The second-order valence-electron chi connectivity index (χ2n) is 6.25. The molecule has 1 fully saturated rings. The maximum Gasteiger partial charge on any atom is 0.303 e. The van der Waals surface area contributed by atoms with Gasteiger partial charge in [0, 0.05) is 12.6 Å². The summed E-state index contributed by atoms with van der Waals surface area (Å²) in [7, 11) is 0. The summed E-state index contributed by atoms with van der Waals surface area (Å²) in [5, 5.41) is 15.2. The predicted molar refractivity (Wildman–Crippen MR) is 95.0 cm³/mol. The van der Waals surface area contributed by atoms with Crippen LogP contribution in [0.25, 0.3) is 6.08 Å². The number of rotatable bonds is 6. The zero-order valence-corrected chi connectivity index (χ0v) is 14.1. The predicted octanol–water partition coefficient (Wildman–Crippen LogP) is 1.68. The summed E-state index contributed by atoms with van der Waals surface area (Å²) in [5.74, 6) is -1.80. The van der Waals surface area contributed by atoms with Crippen LogP contribution in [0.5, 0.6) is 0 Å². The van der Waals surface area contributed by atoms with Crippen LogP contribution in [0.2, 0.25) is 0 Å². The molecule has 1 aromatic heterocycles. The number of carbonyl (C=O) groups is 1. The van der Waals surface area contributed by atoms with E-state index in [1.807, 2.05) is 18.2 Å². The van der Waals surface area contributed by atoms with Crippen molar-refractivity contribution in [3.63, 3.8) is 0 Å². The lowest BCUT2D eigenvalue weighted by atomic mass is 9.90. The molecule has 2 heterocycles. The Kier molecular flexibility index (Phi) is 5.55. The van der Waals surface area contributed by atoms with Gasteiger partial charge in [0.1, 0.15) is 5.82 Å². The Hall–Kier alpha value is -2.84. The Morgan fingerprint density at radius 2 is 2.12 bits per heavy atom. The van der Waals surface area contributed by atoms with Crippen molar-refractivity contribution in [3.05, 3.63) is 59.8 Å². The molecule has 3 rings (SSSR count). The SMILES string of the molecule is O=C(NO)/C(F)=C\c1cnc(N[C@]2(Cc3ccccc3)CCNC2)cn1. The number of hydrogen-bond donors (Lipinski definition) is 4. The van der Waals surface area contributed by atoms with Gasteiger partial charge in [-0.1, -0.05) is 30.3 Å². The number of benzene rings is 1. The smallest absolute Gasteiger partial charge is 0.303 e. The fourth-order valence-electron chi connectivity index (χ4n) is 3.03. The summed E-state index contributed by atoms with van der Waals surface area (Å²) in [4.78, 5) is 19.3. The third kappa shape index (κ3) is 4.41. The van der Waals surface area contributed by atoms with Crippen LogP contribution in [-0.4, -0.2) is 39.7 Å². The van der Waals surface area contributed by atoms with Crippen LogP contribution in [0.3, 0.4) is 0 Å². The minimum atomic E-state index is -1.23. The molecule has 1 atom stereocenters. The van der Waals surface area contributed by atoms with E-state index in [0.717, 1.165) is 32.0 Å². The average Bonchev–Trinajstić information content (AvgIpc) is 3.11. The highest BCUT2D eigenvalue weighted by Gasteiger charge is 2.34. The van der Waals surface area contributed by atoms with Gasteiger partial charge >= 0.3 is 5.91 Å². The van der Waals surface area contributed by atoms with Crippen LogP contribution in [0.15, 0.2) is 48.6 Å². The highest BCUT2D eigenvalue weighted by atomic mass is 19.1. The van der Waals surface area contributed by atoms with Crippen molar-refractivity contribution in [2.45, 2.75) is 18.4 Å². The van der Waals surface area contributed by atoms with Gasteiger partial charge in [0.2, 0.25) is 0 Å². The molecule has 7 nitrogen and oxygen atoms in total. The first-order chi connectivity index (χ1) is 12.6. The second kappa shape index (κ2) is 8.03. The molecule has 136 valence electrons. The molecule has 4 N–H and O–H groups in total. The Bertz CT molecular complexity index is 774. The highest BCUT2D eigenvalue weighted by molar-refractivity contribution is 5.94. The van der Waals surface area contributed by atoms with Crippen LogP contribution in [-0.2, 0) is 11.2 Å². The van der Waals surface area contributed by atoms with Crippen molar-refractivity contribution in [1.82, 2.24) is 20.8 Å². The van der Waals surface area contributed by atoms with Crippen LogP contribution in [0.4, 0.5) is 10.2 Å². The van der Waals surface area contributed by atoms with Gasteiger partial charge in [-0.15, -0.1) is 0 Å². The van der Waals surface area contributed by atoms with E-state index in [1.165, 1.54) is 23.4 Å². The first-order valence-corrected chi connectivity index (χ1v) is 8.27. The molecule has 1 aliphatic heterocycles. The summed E-state index contributed by atoms with van der Waals surface area (Å²) in [6.07, 6.45) is 5.55. The number of nitrogens with one attached hydrogen (secondary N) is 3. The van der Waals surface area contributed by atoms with E-state index in [2.05, 4.69) is 32.7 Å². The van der Waals surface area contributed by atoms with Crippen LogP contribution in [0, 0.1) is 0 Å². The molecule has 1 saturated heterocycles. The van der Waals surface area contributed by atoms with Crippen molar-refractivity contribution in [3.8, 4) is 0 Å². The normalized spacial score (nSPS) is 20.0. The summed E-state index contributed by atoms with van der Waals surface area (Å²) in [6, 6.07) is 10.2. The van der Waals surface area contributed by atoms with Gasteiger partial charge < -0.3 is 10.6 Å². The molecular weight excluding hydrogens is 337 g/mol. The summed E-state index contributed by atoms with van der Waals surface area (Å²) in [5.41, 5.74) is 2.46. The molecule has 26 heavy (non-hydrogen) atoms. The van der Waals surface area contributed by atoms with Crippen molar-refractivity contribution < 1.29 is 14.4 Å². The fraction of sp³-hybridized carbons (Fsp3) is 0.278. The lowest BCUT2D eigenvalue weighted by molar-refractivity contribution is -0.126. The quantitative estimate of drug-likeness (QED) is 0.357. The number of carbonyl (C=O) groups excluding carboxylic acids is 1. The van der Waals surface area contributed by atoms with Gasteiger partial charge in [-0.25, -0.2) is 14.9 Å². The minimum Gasteiger partial charge on any atom is -0.362 e. The van der Waals surface area contributed by atoms with Crippen molar-refractivity contribution in [2.24, 2.45) is 0 Å². The molecule has 0 bridgehead atoms. The molecule has 1 amide bonds. The third-order valence-electron chi connectivity index (χ3n) is 4.29. The van der Waals surface area contributed by atoms with E-state index in [0.29, 0.717) is 5.82 Å². The molecule has 0 aliphatic carbocycles. The monoisotopic (exact) mass is 357 g/mol. The zero-order valence-electron chi connectivity index (χ0n) is 14.1. The van der Waals surface area contributed by atoms with Crippen molar-refractivity contribution >= 4 is 17.8 Å². The Balaban J connectivity index is 1.73. The number of nitrogens with zero attached hydrogens (tertiary/aromatic N) is 2. The molecule has 0 radical (unpaired) electrons. The Morgan fingerprint density at radius 3 is 2.73 bits per heavy atom. The van der Waals surface area contributed by atoms with Gasteiger partial charge in [0.05, 0.1) is 23.6 Å². The van der Waals surface area contributed by atoms with Gasteiger partial charge in [-0.05, 0) is 24.9 Å². The molecule has 8 heteroatoms. The van der Waals surface area contributed by atoms with Gasteiger partial charge in [0.15, 0.2) is 5.83 Å². The molecule has 1 aromatic carbocycles. The summed E-state index contributed by atoms with van der Waals surface area (Å²) in [6.45, 7) is 1.71. The number of hydroxylamine groups is 1. The molecule has 2 aromatic rings. The van der Waals surface area contributed by atoms with Crippen molar-refractivity contribution in [1.29, 1.82) is 0 Å². The van der Waals surface area contributed by atoms with Crippen LogP contribution in [0.1, 0.15) is 17.7 Å². The van der Waals surface area contributed by atoms with Crippen molar-refractivity contribution in [2.75, 3.05) is 18.4 Å². The summed E-state index contributed by atoms with van der Waals surface area (Å²) < 4.78 is 13.4. The van der Waals surface area contributed by atoms with E-state index < -0.39 is 11.7 Å². The molecule has 0 saturated carbocycles. The number of hydrogen-bond acceptors (Lipinski definition) is 6. The maximum atomic E-state index is 13.4. The third-order valence-corrected chi connectivity index (χ3v) is 4.29. The lowest BCUT2D eigenvalue weighted by Gasteiger charge is -2.30. The zero-order chi connectivity index (χ0) is 18.4. The van der Waals surface area contributed by atoms with E-state index >= 15 is 0 Å². The Labute approximate surface area is 150 Å². The van der Waals surface area contributed by atoms with Crippen LogP contribution < -0.4 is 16.1 Å². The molecule has 0 unspecified atom stereocenters. The maximum absolute atomic E-state index is 13.4. The van der Waals surface area contributed by atoms with Gasteiger partial charge in [0.25, 0.3) is 0 Å². The lowest BCUT2D eigenvalue weighted by Crippen LogP contribution is -2.43. The largest absolute Gasteiger partial charge is 0.362 e. The van der Waals surface area contributed by atoms with Crippen LogP contribution >= 0.6 is 0 Å². The van der Waals surface area contributed by atoms with E-state index in [4.69, 9.17) is 5.21 Å². The first-order valence-electron chi connectivity index (χ1n) is 8.27. The number of halogens is 1. The summed E-state index contributed by atoms with van der Waals surface area (Å²) >= 11 is 0. The molecule has 1 aliphatic rings. The highest BCUT2D eigenvalue weighted by Crippen LogP contribution is 2.25. The number of aromatic nitrogens is 2. The van der Waals surface area contributed by atoms with Gasteiger partial charge in [-0.2, -0.15) is 0 Å². The first kappa shape index (κ1) is 18.0. The van der Waals surface area contributed by atoms with Gasteiger partial charge in [-0.3, -0.25) is 15.0 Å². The topological polar surface area (TPSA) is 99.2 Å². The molecular formula is C18H20FN5O2. The van der Waals surface area contributed by atoms with E-state index in [9.17, 15) is 9.18 Å².